The van der Waals surface area contributed by atoms with Gasteiger partial charge in [-0.1, -0.05) is 12.2 Å². The van der Waals surface area contributed by atoms with Gasteiger partial charge in [-0.25, -0.2) is 4.98 Å². The molecule has 2 aromatic rings. The molecule has 2 heterocycles. The van der Waals surface area contributed by atoms with Gasteiger partial charge in [0.15, 0.2) is 0 Å². The molecular weight excluding hydrogens is 364 g/mol. The number of thiazole rings is 1. The fourth-order valence-corrected chi connectivity index (χ4v) is 4.56. The SMILES string of the molecule is C=C(C)[C@@H]1OCC[C@H]1CNC(=O)c1ccc(SCc2csc(C)n2)cc1. The second kappa shape index (κ2) is 8.84. The van der Waals surface area contributed by atoms with Gasteiger partial charge in [0.1, 0.15) is 0 Å². The molecule has 0 saturated carbocycles. The van der Waals surface area contributed by atoms with E-state index >= 15 is 0 Å². The van der Waals surface area contributed by atoms with Crippen LogP contribution in [-0.4, -0.2) is 30.1 Å². The van der Waals surface area contributed by atoms with Crippen LogP contribution in [0.1, 0.15) is 34.4 Å². The second-order valence-corrected chi connectivity index (χ2v) is 8.68. The molecule has 0 aliphatic carbocycles. The Bertz CT molecular complexity index is 770. The molecule has 1 saturated heterocycles. The first kappa shape index (κ1) is 19.1. The Morgan fingerprint density at radius 1 is 1.42 bits per heavy atom. The maximum atomic E-state index is 12.4. The lowest BCUT2D eigenvalue weighted by atomic mass is 9.97. The quantitative estimate of drug-likeness (QED) is 0.562. The van der Waals surface area contributed by atoms with Crippen molar-refractivity contribution >= 4 is 29.0 Å². The molecule has 0 unspecified atom stereocenters. The van der Waals surface area contributed by atoms with Gasteiger partial charge >= 0.3 is 0 Å². The molecule has 1 aromatic heterocycles. The summed E-state index contributed by atoms with van der Waals surface area (Å²) in [6.07, 6.45) is 1.02. The monoisotopic (exact) mass is 388 g/mol. The Kier molecular flexibility index (Phi) is 6.51. The first-order chi connectivity index (χ1) is 12.5. The lowest BCUT2D eigenvalue weighted by Gasteiger charge is -2.19. The predicted molar refractivity (Wildman–Crippen MR) is 108 cm³/mol. The van der Waals surface area contributed by atoms with E-state index in [-0.39, 0.29) is 12.0 Å². The van der Waals surface area contributed by atoms with Crippen LogP contribution in [0.3, 0.4) is 0 Å². The predicted octanol–water partition coefficient (Wildman–Crippen LogP) is 4.45. The second-order valence-electron chi connectivity index (χ2n) is 6.57. The number of nitrogens with zero attached hydrogens (tertiary/aromatic N) is 1. The van der Waals surface area contributed by atoms with Gasteiger partial charge in [0, 0.05) is 40.7 Å². The number of rotatable bonds is 7. The lowest BCUT2D eigenvalue weighted by Crippen LogP contribution is -2.33. The van der Waals surface area contributed by atoms with Crippen LogP contribution in [0, 0.1) is 12.8 Å². The number of thioether (sulfide) groups is 1. The molecule has 1 amide bonds. The van der Waals surface area contributed by atoms with E-state index in [1.165, 1.54) is 0 Å². The average Bonchev–Trinajstić information content (AvgIpc) is 3.27. The summed E-state index contributed by atoms with van der Waals surface area (Å²) < 4.78 is 5.69. The molecule has 0 spiro atoms. The zero-order valence-corrected chi connectivity index (χ0v) is 16.8. The maximum Gasteiger partial charge on any atom is 0.251 e. The van der Waals surface area contributed by atoms with Gasteiger partial charge in [-0.15, -0.1) is 23.1 Å². The number of carbonyl (C=O) groups is 1. The minimum atomic E-state index is -0.0379. The van der Waals surface area contributed by atoms with Crippen LogP contribution < -0.4 is 5.32 Å². The third kappa shape index (κ3) is 4.96. The Morgan fingerprint density at radius 2 is 2.19 bits per heavy atom. The van der Waals surface area contributed by atoms with Crippen LogP contribution >= 0.6 is 23.1 Å². The van der Waals surface area contributed by atoms with E-state index in [0.29, 0.717) is 18.0 Å². The van der Waals surface area contributed by atoms with Crippen LogP contribution in [0.2, 0.25) is 0 Å². The van der Waals surface area contributed by atoms with Gasteiger partial charge < -0.3 is 10.1 Å². The average molecular weight is 389 g/mol. The van der Waals surface area contributed by atoms with E-state index in [2.05, 4.69) is 22.3 Å². The minimum Gasteiger partial charge on any atom is -0.374 e. The van der Waals surface area contributed by atoms with Crippen LogP contribution in [0.25, 0.3) is 0 Å². The Labute approximate surface area is 163 Å². The molecule has 1 aliphatic rings. The van der Waals surface area contributed by atoms with Gasteiger partial charge in [-0.2, -0.15) is 0 Å². The lowest BCUT2D eigenvalue weighted by molar-refractivity contribution is 0.0925. The number of benzene rings is 1. The molecule has 0 bridgehead atoms. The summed E-state index contributed by atoms with van der Waals surface area (Å²) in [5.74, 6) is 1.12. The van der Waals surface area contributed by atoms with Crippen molar-refractivity contribution in [3.63, 3.8) is 0 Å². The van der Waals surface area contributed by atoms with Gasteiger partial charge in [-0.05, 0) is 44.5 Å². The number of hydrogen-bond acceptors (Lipinski definition) is 5. The molecule has 2 atom stereocenters. The van der Waals surface area contributed by atoms with Gasteiger partial charge in [0.25, 0.3) is 5.91 Å². The van der Waals surface area contributed by atoms with E-state index in [4.69, 9.17) is 4.74 Å². The van der Waals surface area contributed by atoms with Crippen LogP contribution in [0.15, 0.2) is 46.7 Å². The van der Waals surface area contributed by atoms with Gasteiger partial charge in [0.05, 0.1) is 16.8 Å². The summed E-state index contributed by atoms with van der Waals surface area (Å²) in [5.41, 5.74) is 2.81. The zero-order chi connectivity index (χ0) is 18.5. The topological polar surface area (TPSA) is 51.2 Å². The summed E-state index contributed by atoms with van der Waals surface area (Å²) in [5, 5.41) is 6.21. The van der Waals surface area contributed by atoms with Crippen molar-refractivity contribution in [1.29, 1.82) is 0 Å². The van der Waals surface area contributed by atoms with Crippen molar-refractivity contribution in [3.05, 3.63) is 58.1 Å². The first-order valence-corrected chi connectivity index (χ1v) is 10.6. The molecule has 1 aliphatic heterocycles. The maximum absolute atomic E-state index is 12.4. The summed E-state index contributed by atoms with van der Waals surface area (Å²) in [6.45, 7) is 9.34. The molecule has 4 nitrogen and oxygen atoms in total. The minimum absolute atomic E-state index is 0.0379. The standard InChI is InChI=1S/C20H24N2O2S2/c1-13(2)19-16(8-9-24-19)10-21-20(23)15-4-6-18(7-5-15)26-12-17-11-25-14(3)22-17/h4-7,11,16,19H,1,8-10,12H2,2-3H3,(H,21,23)/t16-,19-/m0/s1. The number of aromatic nitrogens is 1. The van der Waals surface area contributed by atoms with E-state index in [1.807, 2.05) is 38.1 Å². The highest BCUT2D eigenvalue weighted by Gasteiger charge is 2.28. The van der Waals surface area contributed by atoms with Crippen molar-refractivity contribution in [1.82, 2.24) is 10.3 Å². The fourth-order valence-electron chi connectivity index (χ4n) is 3.05. The Balaban J connectivity index is 1.49. The first-order valence-electron chi connectivity index (χ1n) is 8.72. The molecule has 0 radical (unpaired) electrons. The fraction of sp³-hybridized carbons (Fsp3) is 0.400. The van der Waals surface area contributed by atoms with Crippen molar-refractivity contribution < 1.29 is 9.53 Å². The largest absolute Gasteiger partial charge is 0.374 e. The van der Waals surface area contributed by atoms with E-state index in [9.17, 15) is 4.79 Å². The van der Waals surface area contributed by atoms with E-state index in [1.54, 1.807) is 23.1 Å². The number of ether oxygens (including phenoxy) is 1. The molecule has 3 rings (SSSR count). The van der Waals surface area contributed by atoms with Crippen LogP contribution in [-0.2, 0) is 10.5 Å². The Morgan fingerprint density at radius 3 is 2.85 bits per heavy atom. The summed E-state index contributed by atoms with van der Waals surface area (Å²) in [6, 6.07) is 7.75. The number of hydrogen-bond donors (Lipinski definition) is 1. The highest BCUT2D eigenvalue weighted by Crippen LogP contribution is 2.26. The molecule has 1 N–H and O–H groups in total. The molecule has 6 heteroatoms. The normalized spacial score (nSPS) is 19.5. The highest BCUT2D eigenvalue weighted by molar-refractivity contribution is 7.98. The summed E-state index contributed by atoms with van der Waals surface area (Å²) in [7, 11) is 0. The molecule has 26 heavy (non-hydrogen) atoms. The molecule has 138 valence electrons. The number of carbonyl (C=O) groups excluding carboxylic acids is 1. The number of nitrogens with one attached hydrogen (secondary N) is 1. The van der Waals surface area contributed by atoms with Crippen LogP contribution in [0.4, 0.5) is 0 Å². The molecule has 1 fully saturated rings. The third-order valence-corrected chi connectivity index (χ3v) is 6.26. The number of aryl methyl sites for hydroxylation is 1. The summed E-state index contributed by atoms with van der Waals surface area (Å²) >= 11 is 3.40. The van der Waals surface area contributed by atoms with Crippen molar-refractivity contribution in [2.75, 3.05) is 13.2 Å². The summed E-state index contributed by atoms with van der Waals surface area (Å²) in [4.78, 5) is 18.0. The van der Waals surface area contributed by atoms with Crippen molar-refractivity contribution in [2.24, 2.45) is 5.92 Å². The van der Waals surface area contributed by atoms with Gasteiger partial charge in [-0.3, -0.25) is 4.79 Å². The smallest absolute Gasteiger partial charge is 0.251 e. The van der Waals surface area contributed by atoms with Gasteiger partial charge in [0.2, 0.25) is 0 Å². The van der Waals surface area contributed by atoms with E-state index < -0.39 is 0 Å². The molecular formula is C20H24N2O2S2. The third-order valence-electron chi connectivity index (χ3n) is 4.39. The van der Waals surface area contributed by atoms with Crippen molar-refractivity contribution in [2.45, 2.75) is 37.0 Å². The Hall–Kier alpha value is -1.63. The zero-order valence-electron chi connectivity index (χ0n) is 15.2. The van der Waals surface area contributed by atoms with Crippen molar-refractivity contribution in [3.8, 4) is 0 Å². The van der Waals surface area contributed by atoms with E-state index in [0.717, 1.165) is 40.0 Å². The van der Waals surface area contributed by atoms with Crippen LogP contribution in [0.5, 0.6) is 0 Å². The highest BCUT2D eigenvalue weighted by atomic mass is 32.2. The molecule has 1 aromatic carbocycles. The number of amides is 1.